The molecule has 0 saturated carbocycles. The topological polar surface area (TPSA) is 24.5 Å². The number of hydrogen-bond acceptors (Lipinski definition) is 3. The molecule has 0 aromatic carbocycles. The standard InChI is InChI=1S/C11H22N2O/c1-11(2)10-12-4-3-5-13-6-8-14-9-7-13/h12H,1,3-10H2,2H3. The molecule has 0 aromatic rings. The molecule has 0 aliphatic carbocycles. The Morgan fingerprint density at radius 1 is 1.43 bits per heavy atom. The van der Waals surface area contributed by atoms with Gasteiger partial charge in [0.25, 0.3) is 0 Å². The summed E-state index contributed by atoms with van der Waals surface area (Å²) in [6.45, 7) is 13.1. The van der Waals surface area contributed by atoms with Crippen LogP contribution in [0.3, 0.4) is 0 Å². The summed E-state index contributed by atoms with van der Waals surface area (Å²) in [6, 6.07) is 0. The molecule has 1 aliphatic heterocycles. The zero-order valence-electron chi connectivity index (χ0n) is 9.22. The second-order valence-electron chi connectivity index (χ2n) is 3.94. The van der Waals surface area contributed by atoms with Gasteiger partial charge in [-0.05, 0) is 26.4 Å². The molecule has 1 saturated heterocycles. The van der Waals surface area contributed by atoms with E-state index in [9.17, 15) is 0 Å². The molecule has 0 amide bonds. The Bertz CT molecular complexity index is 165. The lowest BCUT2D eigenvalue weighted by Gasteiger charge is -2.26. The normalized spacial score (nSPS) is 18.4. The summed E-state index contributed by atoms with van der Waals surface area (Å²) in [7, 11) is 0. The Balaban J connectivity index is 1.90. The number of nitrogens with one attached hydrogen (secondary N) is 1. The number of nitrogens with zero attached hydrogens (tertiary/aromatic N) is 1. The van der Waals surface area contributed by atoms with E-state index in [1.807, 2.05) is 0 Å². The van der Waals surface area contributed by atoms with Gasteiger partial charge in [-0.2, -0.15) is 0 Å². The van der Waals surface area contributed by atoms with E-state index in [0.29, 0.717) is 0 Å². The molecule has 0 radical (unpaired) electrons. The summed E-state index contributed by atoms with van der Waals surface area (Å²) in [5.74, 6) is 0. The number of hydrogen-bond donors (Lipinski definition) is 1. The molecule has 1 N–H and O–H groups in total. The third-order valence-electron chi connectivity index (χ3n) is 2.36. The highest BCUT2D eigenvalue weighted by Crippen LogP contribution is 1.97. The molecule has 3 heteroatoms. The fourth-order valence-corrected chi connectivity index (χ4v) is 1.55. The zero-order chi connectivity index (χ0) is 10.2. The van der Waals surface area contributed by atoms with Gasteiger partial charge in [0, 0.05) is 19.6 Å². The first-order chi connectivity index (χ1) is 6.79. The maximum atomic E-state index is 5.29. The van der Waals surface area contributed by atoms with Crippen LogP contribution < -0.4 is 5.32 Å². The van der Waals surface area contributed by atoms with Gasteiger partial charge >= 0.3 is 0 Å². The summed E-state index contributed by atoms with van der Waals surface area (Å²) in [4.78, 5) is 2.46. The van der Waals surface area contributed by atoms with Crippen molar-refractivity contribution in [2.45, 2.75) is 13.3 Å². The highest BCUT2D eigenvalue weighted by Gasteiger charge is 2.08. The molecule has 3 nitrogen and oxygen atoms in total. The van der Waals surface area contributed by atoms with Crippen LogP contribution in [0.25, 0.3) is 0 Å². The predicted molar refractivity (Wildman–Crippen MR) is 59.6 cm³/mol. The van der Waals surface area contributed by atoms with Gasteiger partial charge in [-0.15, -0.1) is 0 Å². The Kier molecular flexibility index (Phi) is 5.83. The molecule has 82 valence electrons. The van der Waals surface area contributed by atoms with E-state index >= 15 is 0 Å². The Morgan fingerprint density at radius 2 is 2.14 bits per heavy atom. The highest BCUT2D eigenvalue weighted by molar-refractivity contribution is 4.90. The number of morpholine rings is 1. The molecule has 0 unspecified atom stereocenters. The van der Waals surface area contributed by atoms with Crippen molar-refractivity contribution in [2.24, 2.45) is 0 Å². The van der Waals surface area contributed by atoms with Gasteiger partial charge in [0.2, 0.25) is 0 Å². The lowest BCUT2D eigenvalue weighted by Crippen LogP contribution is -2.37. The van der Waals surface area contributed by atoms with Crippen LogP contribution in [0.2, 0.25) is 0 Å². The Hall–Kier alpha value is -0.380. The Labute approximate surface area is 87.1 Å². The summed E-state index contributed by atoms with van der Waals surface area (Å²) >= 11 is 0. The monoisotopic (exact) mass is 198 g/mol. The second-order valence-corrected chi connectivity index (χ2v) is 3.94. The number of rotatable bonds is 6. The van der Waals surface area contributed by atoms with Gasteiger partial charge < -0.3 is 10.1 Å². The lowest BCUT2D eigenvalue weighted by molar-refractivity contribution is 0.0375. The summed E-state index contributed by atoms with van der Waals surface area (Å²) in [5.41, 5.74) is 1.20. The third kappa shape index (κ3) is 5.37. The van der Waals surface area contributed by atoms with E-state index in [0.717, 1.165) is 39.4 Å². The van der Waals surface area contributed by atoms with Crippen molar-refractivity contribution in [1.29, 1.82) is 0 Å². The smallest absolute Gasteiger partial charge is 0.0594 e. The average molecular weight is 198 g/mol. The van der Waals surface area contributed by atoms with E-state index in [2.05, 4.69) is 23.7 Å². The predicted octanol–water partition coefficient (Wildman–Crippen LogP) is 0.874. The molecule has 1 aliphatic rings. The minimum Gasteiger partial charge on any atom is -0.379 e. The van der Waals surface area contributed by atoms with Crippen molar-refractivity contribution in [1.82, 2.24) is 10.2 Å². The first-order valence-electron chi connectivity index (χ1n) is 5.44. The van der Waals surface area contributed by atoms with Crippen LogP contribution in [0.4, 0.5) is 0 Å². The van der Waals surface area contributed by atoms with Crippen molar-refractivity contribution in [2.75, 3.05) is 45.9 Å². The van der Waals surface area contributed by atoms with Gasteiger partial charge in [0.1, 0.15) is 0 Å². The average Bonchev–Trinajstić information content (AvgIpc) is 2.18. The molecule has 0 spiro atoms. The van der Waals surface area contributed by atoms with Crippen LogP contribution in [0, 0.1) is 0 Å². The SMILES string of the molecule is C=C(C)CNCCCN1CCOCC1. The van der Waals surface area contributed by atoms with E-state index in [1.165, 1.54) is 18.5 Å². The minimum absolute atomic E-state index is 0.902. The van der Waals surface area contributed by atoms with Gasteiger partial charge in [0.05, 0.1) is 13.2 Å². The fourth-order valence-electron chi connectivity index (χ4n) is 1.55. The molecule has 1 heterocycles. The van der Waals surface area contributed by atoms with Gasteiger partial charge in [0.15, 0.2) is 0 Å². The molecule has 0 bridgehead atoms. The van der Waals surface area contributed by atoms with Crippen molar-refractivity contribution >= 4 is 0 Å². The summed E-state index contributed by atoms with van der Waals surface area (Å²) in [6.07, 6.45) is 1.22. The van der Waals surface area contributed by atoms with Crippen molar-refractivity contribution in [3.8, 4) is 0 Å². The van der Waals surface area contributed by atoms with E-state index in [4.69, 9.17) is 4.74 Å². The largest absolute Gasteiger partial charge is 0.379 e. The second kappa shape index (κ2) is 6.98. The van der Waals surface area contributed by atoms with Gasteiger partial charge in [-0.1, -0.05) is 12.2 Å². The molecular formula is C11H22N2O. The first kappa shape index (κ1) is 11.7. The highest BCUT2D eigenvalue weighted by atomic mass is 16.5. The van der Waals surface area contributed by atoms with Crippen LogP contribution in [0.1, 0.15) is 13.3 Å². The van der Waals surface area contributed by atoms with Crippen LogP contribution in [-0.4, -0.2) is 50.8 Å². The molecule has 14 heavy (non-hydrogen) atoms. The quantitative estimate of drug-likeness (QED) is 0.506. The molecule has 1 fully saturated rings. The molecule has 0 aromatic heterocycles. The first-order valence-corrected chi connectivity index (χ1v) is 5.44. The fraction of sp³-hybridized carbons (Fsp3) is 0.818. The van der Waals surface area contributed by atoms with E-state index in [-0.39, 0.29) is 0 Å². The van der Waals surface area contributed by atoms with Crippen LogP contribution in [0.15, 0.2) is 12.2 Å². The van der Waals surface area contributed by atoms with Crippen LogP contribution in [-0.2, 0) is 4.74 Å². The zero-order valence-corrected chi connectivity index (χ0v) is 9.22. The maximum Gasteiger partial charge on any atom is 0.0594 e. The Morgan fingerprint density at radius 3 is 2.79 bits per heavy atom. The van der Waals surface area contributed by atoms with Gasteiger partial charge in [-0.25, -0.2) is 0 Å². The molecular weight excluding hydrogens is 176 g/mol. The lowest BCUT2D eigenvalue weighted by atomic mass is 10.3. The minimum atomic E-state index is 0.902. The van der Waals surface area contributed by atoms with Gasteiger partial charge in [-0.3, -0.25) is 4.90 Å². The molecule has 0 atom stereocenters. The molecule has 1 rings (SSSR count). The number of ether oxygens (including phenoxy) is 1. The van der Waals surface area contributed by atoms with Crippen molar-refractivity contribution in [3.63, 3.8) is 0 Å². The van der Waals surface area contributed by atoms with E-state index < -0.39 is 0 Å². The summed E-state index contributed by atoms with van der Waals surface area (Å²) < 4.78 is 5.29. The van der Waals surface area contributed by atoms with Crippen LogP contribution in [0.5, 0.6) is 0 Å². The maximum absolute atomic E-state index is 5.29. The van der Waals surface area contributed by atoms with Crippen LogP contribution >= 0.6 is 0 Å². The van der Waals surface area contributed by atoms with E-state index in [1.54, 1.807) is 0 Å². The van der Waals surface area contributed by atoms with Crippen molar-refractivity contribution in [3.05, 3.63) is 12.2 Å². The van der Waals surface area contributed by atoms with Crippen molar-refractivity contribution < 1.29 is 4.74 Å². The summed E-state index contributed by atoms with van der Waals surface area (Å²) in [5, 5.41) is 3.37. The third-order valence-corrected chi connectivity index (χ3v) is 2.36.